The van der Waals surface area contributed by atoms with Crippen LogP contribution in [0.5, 0.6) is 5.75 Å². The normalized spacial score (nSPS) is 12.2. The molecule has 0 unspecified atom stereocenters. The summed E-state index contributed by atoms with van der Waals surface area (Å²) in [6.07, 6.45) is -0.508. The highest BCUT2D eigenvalue weighted by atomic mass is 79.9. The fraction of sp³-hybridized carbons (Fsp3) is 0.250. The Kier molecular flexibility index (Phi) is 4.78. The van der Waals surface area contributed by atoms with Gasteiger partial charge in [0.2, 0.25) is 0 Å². The lowest BCUT2D eigenvalue weighted by Gasteiger charge is -2.12. The Balaban J connectivity index is 2.11. The van der Waals surface area contributed by atoms with E-state index >= 15 is 0 Å². The smallest absolute Gasteiger partial charge is 0.130 e. The Morgan fingerprint density at radius 2 is 2.00 bits per heavy atom. The molecule has 0 saturated carbocycles. The molecule has 0 radical (unpaired) electrons. The van der Waals surface area contributed by atoms with Gasteiger partial charge >= 0.3 is 0 Å². The number of hydrogen-bond donors (Lipinski definition) is 1. The Bertz CT molecular complexity index is 611. The van der Waals surface area contributed by atoms with Gasteiger partial charge < -0.3 is 9.84 Å². The van der Waals surface area contributed by atoms with Crippen molar-refractivity contribution >= 4 is 15.9 Å². The molecular formula is C16H16BrFO2. The van der Waals surface area contributed by atoms with E-state index in [-0.39, 0.29) is 12.4 Å². The van der Waals surface area contributed by atoms with Gasteiger partial charge in [0.25, 0.3) is 0 Å². The van der Waals surface area contributed by atoms with E-state index in [9.17, 15) is 9.50 Å². The van der Waals surface area contributed by atoms with Crippen molar-refractivity contribution in [3.05, 3.63) is 63.4 Å². The topological polar surface area (TPSA) is 29.5 Å². The number of benzene rings is 2. The predicted molar refractivity (Wildman–Crippen MR) is 80.2 cm³/mol. The molecule has 106 valence electrons. The van der Waals surface area contributed by atoms with Crippen LogP contribution in [0.4, 0.5) is 4.39 Å². The molecule has 0 spiro atoms. The SMILES string of the molecule is Cc1cc([C@H](C)O)ccc1OCc1ccc(Br)cc1F. The maximum Gasteiger partial charge on any atom is 0.130 e. The lowest BCUT2D eigenvalue weighted by molar-refractivity contribution is 0.199. The van der Waals surface area contributed by atoms with E-state index in [1.54, 1.807) is 25.1 Å². The third-order valence-electron chi connectivity index (χ3n) is 3.08. The first-order valence-corrected chi connectivity index (χ1v) is 7.12. The maximum atomic E-state index is 13.7. The summed E-state index contributed by atoms with van der Waals surface area (Å²) >= 11 is 3.22. The van der Waals surface area contributed by atoms with Gasteiger partial charge in [-0.3, -0.25) is 0 Å². The lowest BCUT2D eigenvalue weighted by atomic mass is 10.1. The Hall–Kier alpha value is -1.39. The van der Waals surface area contributed by atoms with Crippen molar-refractivity contribution in [2.75, 3.05) is 0 Å². The minimum Gasteiger partial charge on any atom is -0.489 e. The van der Waals surface area contributed by atoms with Gasteiger partial charge in [0.15, 0.2) is 0 Å². The van der Waals surface area contributed by atoms with Crippen LogP contribution >= 0.6 is 15.9 Å². The second kappa shape index (κ2) is 6.37. The average Bonchev–Trinajstić information content (AvgIpc) is 2.38. The number of ether oxygens (including phenoxy) is 1. The van der Waals surface area contributed by atoms with Crippen LogP contribution in [0.2, 0.25) is 0 Å². The molecule has 0 bridgehead atoms. The zero-order valence-corrected chi connectivity index (χ0v) is 12.9. The van der Waals surface area contributed by atoms with Crippen molar-refractivity contribution in [1.29, 1.82) is 0 Å². The van der Waals surface area contributed by atoms with Gasteiger partial charge in [-0.25, -0.2) is 4.39 Å². The summed E-state index contributed by atoms with van der Waals surface area (Å²) in [5.74, 6) is 0.398. The third-order valence-corrected chi connectivity index (χ3v) is 3.57. The molecule has 2 rings (SSSR count). The standard InChI is InChI=1S/C16H16BrFO2/c1-10-7-12(11(2)19)4-6-16(10)20-9-13-3-5-14(17)8-15(13)18/h3-8,11,19H,9H2,1-2H3/t11-/m0/s1. The van der Waals surface area contributed by atoms with Crippen LogP contribution < -0.4 is 4.74 Å². The van der Waals surface area contributed by atoms with Gasteiger partial charge in [0, 0.05) is 10.0 Å². The van der Waals surface area contributed by atoms with Crippen molar-refractivity contribution in [3.63, 3.8) is 0 Å². The molecule has 20 heavy (non-hydrogen) atoms. The van der Waals surface area contributed by atoms with E-state index in [0.29, 0.717) is 15.8 Å². The molecule has 4 heteroatoms. The number of halogens is 2. The first-order valence-electron chi connectivity index (χ1n) is 6.32. The minimum atomic E-state index is -0.508. The molecule has 2 nitrogen and oxygen atoms in total. The molecule has 2 aromatic carbocycles. The summed E-state index contributed by atoms with van der Waals surface area (Å²) in [5, 5.41) is 9.51. The first kappa shape index (κ1) is 15.0. The van der Waals surface area contributed by atoms with E-state index in [4.69, 9.17) is 4.74 Å². The van der Waals surface area contributed by atoms with E-state index in [0.717, 1.165) is 11.1 Å². The van der Waals surface area contributed by atoms with Crippen LogP contribution in [0.25, 0.3) is 0 Å². The number of aliphatic hydroxyl groups excluding tert-OH is 1. The number of rotatable bonds is 4. The van der Waals surface area contributed by atoms with E-state index in [1.165, 1.54) is 6.07 Å². The van der Waals surface area contributed by atoms with Crippen LogP contribution in [-0.4, -0.2) is 5.11 Å². The van der Waals surface area contributed by atoms with Crippen molar-refractivity contribution in [2.45, 2.75) is 26.6 Å². The van der Waals surface area contributed by atoms with Gasteiger partial charge in [0.05, 0.1) is 6.10 Å². The van der Waals surface area contributed by atoms with E-state index < -0.39 is 6.10 Å². The molecule has 0 aliphatic heterocycles. The van der Waals surface area contributed by atoms with Gasteiger partial charge in [-0.1, -0.05) is 28.1 Å². The molecule has 0 fully saturated rings. The maximum absolute atomic E-state index is 13.7. The molecule has 0 aromatic heterocycles. The summed E-state index contributed by atoms with van der Waals surface area (Å²) in [6, 6.07) is 10.4. The largest absolute Gasteiger partial charge is 0.489 e. The van der Waals surface area contributed by atoms with Crippen molar-refractivity contribution in [2.24, 2.45) is 0 Å². The minimum absolute atomic E-state index is 0.175. The Morgan fingerprint density at radius 1 is 1.25 bits per heavy atom. The van der Waals surface area contributed by atoms with Crippen LogP contribution in [0.3, 0.4) is 0 Å². The highest BCUT2D eigenvalue weighted by Gasteiger charge is 2.07. The molecule has 0 aliphatic carbocycles. The van der Waals surface area contributed by atoms with Crippen molar-refractivity contribution in [3.8, 4) is 5.75 Å². The fourth-order valence-corrected chi connectivity index (χ4v) is 2.22. The summed E-state index contributed by atoms with van der Waals surface area (Å²) in [5.41, 5.74) is 2.26. The van der Waals surface area contributed by atoms with Crippen LogP contribution in [0, 0.1) is 12.7 Å². The van der Waals surface area contributed by atoms with Crippen molar-refractivity contribution < 1.29 is 14.2 Å². The highest BCUT2D eigenvalue weighted by Crippen LogP contribution is 2.24. The van der Waals surface area contributed by atoms with Crippen molar-refractivity contribution in [1.82, 2.24) is 0 Å². The summed E-state index contributed by atoms with van der Waals surface area (Å²) < 4.78 is 20.0. The number of hydrogen-bond acceptors (Lipinski definition) is 2. The molecule has 0 saturated heterocycles. The lowest BCUT2D eigenvalue weighted by Crippen LogP contribution is -2.00. The molecule has 0 heterocycles. The summed E-state index contributed by atoms with van der Waals surface area (Å²) in [4.78, 5) is 0. The van der Waals surface area contributed by atoms with Crippen LogP contribution in [0.1, 0.15) is 29.7 Å². The highest BCUT2D eigenvalue weighted by molar-refractivity contribution is 9.10. The van der Waals surface area contributed by atoms with Gasteiger partial charge in [0.1, 0.15) is 18.2 Å². The van der Waals surface area contributed by atoms with Gasteiger partial charge in [-0.2, -0.15) is 0 Å². The first-order chi connectivity index (χ1) is 9.47. The predicted octanol–water partition coefficient (Wildman–Crippen LogP) is 4.53. The van der Waals surface area contributed by atoms with Gasteiger partial charge in [-0.05, 0) is 49.2 Å². The summed E-state index contributed by atoms with van der Waals surface area (Å²) in [6.45, 7) is 3.79. The number of aryl methyl sites for hydroxylation is 1. The average molecular weight is 339 g/mol. The third kappa shape index (κ3) is 3.58. The Morgan fingerprint density at radius 3 is 2.60 bits per heavy atom. The van der Waals surface area contributed by atoms with Gasteiger partial charge in [-0.15, -0.1) is 0 Å². The molecule has 1 atom stereocenters. The van der Waals surface area contributed by atoms with E-state index in [1.807, 2.05) is 19.1 Å². The second-order valence-corrected chi connectivity index (χ2v) is 5.64. The van der Waals surface area contributed by atoms with Crippen LogP contribution in [0.15, 0.2) is 40.9 Å². The summed E-state index contributed by atoms with van der Waals surface area (Å²) in [7, 11) is 0. The molecule has 0 aliphatic rings. The molecule has 1 N–H and O–H groups in total. The van der Waals surface area contributed by atoms with Crippen LogP contribution in [-0.2, 0) is 6.61 Å². The molecular weight excluding hydrogens is 323 g/mol. The molecule has 0 amide bonds. The second-order valence-electron chi connectivity index (χ2n) is 4.73. The quantitative estimate of drug-likeness (QED) is 0.887. The zero-order chi connectivity index (χ0) is 14.7. The van der Waals surface area contributed by atoms with E-state index in [2.05, 4.69) is 15.9 Å². The Labute approximate surface area is 126 Å². The monoisotopic (exact) mass is 338 g/mol. The number of aliphatic hydroxyl groups is 1. The zero-order valence-electron chi connectivity index (χ0n) is 11.4. The fourth-order valence-electron chi connectivity index (χ4n) is 1.89. The molecule has 2 aromatic rings.